The fourth-order valence-electron chi connectivity index (χ4n) is 1.76. The lowest BCUT2D eigenvalue weighted by molar-refractivity contribution is 1.11. The van der Waals surface area contributed by atoms with Gasteiger partial charge in [0.1, 0.15) is 0 Å². The van der Waals surface area contributed by atoms with Gasteiger partial charge in [-0.25, -0.2) is 0 Å². The second-order valence-corrected chi connectivity index (χ2v) is 5.94. The number of aromatic nitrogens is 3. The number of nitrogens with two attached hydrogens (primary N) is 1. The third kappa shape index (κ3) is 1.99. The summed E-state index contributed by atoms with van der Waals surface area (Å²) in [6.07, 6.45) is 1.83. The van der Waals surface area contributed by atoms with E-state index in [0.29, 0.717) is 5.69 Å². The number of halogens is 2. The van der Waals surface area contributed by atoms with E-state index < -0.39 is 0 Å². The summed E-state index contributed by atoms with van der Waals surface area (Å²) >= 11 is 5.81. The van der Waals surface area contributed by atoms with Crippen LogP contribution in [0.4, 0.5) is 5.69 Å². The van der Waals surface area contributed by atoms with Crippen molar-refractivity contribution in [1.82, 2.24) is 14.6 Å². The van der Waals surface area contributed by atoms with Gasteiger partial charge in [-0.1, -0.05) is 15.9 Å². The smallest absolute Gasteiger partial charge is 0.169 e. The Morgan fingerprint density at radius 3 is 2.83 bits per heavy atom. The van der Waals surface area contributed by atoms with Crippen LogP contribution in [0.2, 0.25) is 0 Å². The molecule has 0 radical (unpaired) electrons. The molecule has 0 atom stereocenters. The molecule has 0 bridgehead atoms. The first-order valence-corrected chi connectivity index (χ1v) is 7.08. The van der Waals surface area contributed by atoms with Crippen LogP contribution in [0.25, 0.3) is 17.0 Å². The van der Waals surface area contributed by atoms with Gasteiger partial charge in [0, 0.05) is 25.5 Å². The number of hydrogen-bond donors (Lipinski definition) is 1. The summed E-state index contributed by atoms with van der Waals surface area (Å²) in [5.74, 6) is 0.780. The second-order valence-electron chi connectivity index (χ2n) is 3.84. The van der Waals surface area contributed by atoms with Crippen LogP contribution in [-0.4, -0.2) is 14.6 Å². The standard InChI is InChI=1S/C12H8BrIN4/c13-10-3-1-7(14)5-9(10)12-17-16-11-4-2-8(15)6-18(11)12/h1-6H,15H2. The molecule has 4 nitrogen and oxygen atoms in total. The highest BCUT2D eigenvalue weighted by molar-refractivity contribution is 14.1. The third-order valence-corrected chi connectivity index (χ3v) is 3.96. The fraction of sp³-hybridized carbons (Fsp3) is 0. The van der Waals surface area contributed by atoms with Gasteiger partial charge in [0.25, 0.3) is 0 Å². The molecule has 0 fully saturated rings. The van der Waals surface area contributed by atoms with Crippen molar-refractivity contribution in [2.75, 3.05) is 5.73 Å². The molecule has 0 saturated carbocycles. The monoisotopic (exact) mass is 414 g/mol. The number of fused-ring (bicyclic) bond motifs is 1. The third-order valence-electron chi connectivity index (χ3n) is 2.59. The Labute approximate surface area is 125 Å². The van der Waals surface area contributed by atoms with E-state index in [1.165, 1.54) is 0 Å². The highest BCUT2D eigenvalue weighted by Gasteiger charge is 2.11. The zero-order chi connectivity index (χ0) is 12.7. The SMILES string of the molecule is Nc1ccc2nnc(-c3cc(I)ccc3Br)n2c1. The van der Waals surface area contributed by atoms with Crippen molar-refractivity contribution < 1.29 is 0 Å². The minimum Gasteiger partial charge on any atom is -0.398 e. The summed E-state index contributed by atoms with van der Waals surface area (Å²) in [6, 6.07) is 9.77. The Morgan fingerprint density at radius 1 is 1.17 bits per heavy atom. The summed E-state index contributed by atoms with van der Waals surface area (Å²) in [4.78, 5) is 0. The van der Waals surface area contributed by atoms with Crippen molar-refractivity contribution in [2.45, 2.75) is 0 Å². The van der Waals surface area contributed by atoms with Gasteiger partial charge < -0.3 is 5.73 Å². The number of pyridine rings is 1. The first-order chi connectivity index (χ1) is 8.65. The first kappa shape index (κ1) is 11.9. The highest BCUT2D eigenvalue weighted by Crippen LogP contribution is 2.29. The van der Waals surface area contributed by atoms with Crippen molar-refractivity contribution in [3.05, 3.63) is 44.6 Å². The van der Waals surface area contributed by atoms with E-state index in [1.54, 1.807) is 0 Å². The molecule has 0 saturated heterocycles. The topological polar surface area (TPSA) is 56.2 Å². The van der Waals surface area contributed by atoms with E-state index >= 15 is 0 Å². The first-order valence-electron chi connectivity index (χ1n) is 5.21. The lowest BCUT2D eigenvalue weighted by Gasteiger charge is -2.04. The summed E-state index contributed by atoms with van der Waals surface area (Å²) in [5, 5.41) is 8.37. The van der Waals surface area contributed by atoms with Gasteiger partial charge in [0.2, 0.25) is 0 Å². The van der Waals surface area contributed by atoms with E-state index in [2.05, 4.69) is 54.8 Å². The van der Waals surface area contributed by atoms with Gasteiger partial charge in [-0.3, -0.25) is 4.40 Å². The van der Waals surface area contributed by atoms with E-state index in [4.69, 9.17) is 5.73 Å². The van der Waals surface area contributed by atoms with Crippen molar-refractivity contribution in [3.63, 3.8) is 0 Å². The Kier molecular flexibility index (Phi) is 2.98. The van der Waals surface area contributed by atoms with Crippen molar-refractivity contribution in [1.29, 1.82) is 0 Å². The minimum atomic E-state index is 0.685. The average Bonchev–Trinajstić information content (AvgIpc) is 2.75. The number of rotatable bonds is 1. The van der Waals surface area contributed by atoms with Crippen molar-refractivity contribution in [3.8, 4) is 11.4 Å². The maximum Gasteiger partial charge on any atom is 0.169 e. The fourth-order valence-corrected chi connectivity index (χ4v) is 2.67. The van der Waals surface area contributed by atoms with Crippen LogP contribution in [0.5, 0.6) is 0 Å². The molecule has 0 spiro atoms. The van der Waals surface area contributed by atoms with E-state index in [-0.39, 0.29) is 0 Å². The Hall–Kier alpha value is -1.15. The predicted octanol–water partition coefficient (Wildman–Crippen LogP) is 3.35. The molecule has 0 aliphatic rings. The van der Waals surface area contributed by atoms with Crippen LogP contribution in [0, 0.1) is 3.57 Å². The highest BCUT2D eigenvalue weighted by atomic mass is 127. The number of benzene rings is 1. The molecule has 2 aromatic heterocycles. The molecule has 0 unspecified atom stereocenters. The molecule has 18 heavy (non-hydrogen) atoms. The molecule has 0 amide bonds. The van der Waals surface area contributed by atoms with Gasteiger partial charge in [-0.15, -0.1) is 10.2 Å². The number of hydrogen-bond acceptors (Lipinski definition) is 3. The summed E-state index contributed by atoms with van der Waals surface area (Å²) in [6.45, 7) is 0. The van der Waals surface area contributed by atoms with Crippen LogP contribution >= 0.6 is 38.5 Å². The molecule has 1 aromatic carbocycles. The van der Waals surface area contributed by atoms with E-state index in [0.717, 1.165) is 25.1 Å². The Balaban J connectivity index is 2.31. The van der Waals surface area contributed by atoms with Crippen LogP contribution in [-0.2, 0) is 0 Å². The maximum absolute atomic E-state index is 5.81. The molecule has 6 heteroatoms. The molecule has 90 valence electrons. The van der Waals surface area contributed by atoms with Gasteiger partial charge >= 0.3 is 0 Å². The van der Waals surface area contributed by atoms with Crippen LogP contribution in [0.15, 0.2) is 41.0 Å². The molecule has 3 rings (SSSR count). The quantitative estimate of drug-likeness (QED) is 0.621. The minimum absolute atomic E-state index is 0.685. The van der Waals surface area contributed by atoms with Crippen LogP contribution in [0.3, 0.4) is 0 Å². The predicted molar refractivity (Wildman–Crippen MR) is 83.3 cm³/mol. The van der Waals surface area contributed by atoms with E-state index in [1.807, 2.05) is 34.9 Å². The van der Waals surface area contributed by atoms with Gasteiger partial charge in [-0.2, -0.15) is 0 Å². The summed E-state index contributed by atoms with van der Waals surface area (Å²) < 4.78 is 4.02. The molecular formula is C12H8BrIN4. The normalized spacial score (nSPS) is 11.0. The lowest BCUT2D eigenvalue weighted by atomic mass is 10.2. The van der Waals surface area contributed by atoms with Crippen LogP contribution < -0.4 is 5.73 Å². The molecule has 2 N–H and O–H groups in total. The van der Waals surface area contributed by atoms with Gasteiger partial charge in [0.05, 0.1) is 0 Å². The molecular weight excluding hydrogens is 407 g/mol. The van der Waals surface area contributed by atoms with Gasteiger partial charge in [0.15, 0.2) is 11.5 Å². The largest absolute Gasteiger partial charge is 0.398 e. The summed E-state index contributed by atoms with van der Waals surface area (Å²) in [5.41, 5.74) is 8.28. The maximum atomic E-state index is 5.81. The van der Waals surface area contributed by atoms with Gasteiger partial charge in [-0.05, 0) is 52.9 Å². The Bertz CT molecular complexity index is 738. The average molecular weight is 415 g/mol. The summed E-state index contributed by atoms with van der Waals surface area (Å²) in [7, 11) is 0. The molecule has 0 aliphatic heterocycles. The Morgan fingerprint density at radius 2 is 2.00 bits per heavy atom. The zero-order valence-corrected chi connectivity index (χ0v) is 12.9. The van der Waals surface area contributed by atoms with E-state index in [9.17, 15) is 0 Å². The van der Waals surface area contributed by atoms with Crippen LogP contribution in [0.1, 0.15) is 0 Å². The van der Waals surface area contributed by atoms with Crippen molar-refractivity contribution in [2.24, 2.45) is 0 Å². The molecule has 2 heterocycles. The number of nitrogen functional groups attached to an aromatic ring is 1. The number of anilines is 1. The molecule has 0 aliphatic carbocycles. The zero-order valence-electron chi connectivity index (χ0n) is 9.14. The molecule has 3 aromatic rings. The van der Waals surface area contributed by atoms with Crippen molar-refractivity contribution >= 4 is 49.9 Å². The second kappa shape index (κ2) is 4.51. The number of nitrogens with zero attached hydrogens (tertiary/aromatic N) is 3. The lowest BCUT2D eigenvalue weighted by Crippen LogP contribution is -1.93.